The molecule has 3 aromatic carbocycles. The maximum atomic E-state index is 11.6. The van der Waals surface area contributed by atoms with Gasteiger partial charge in [0.1, 0.15) is 11.3 Å². The predicted molar refractivity (Wildman–Crippen MR) is 103 cm³/mol. The fourth-order valence-corrected chi connectivity index (χ4v) is 3.20. The van der Waals surface area contributed by atoms with Crippen molar-refractivity contribution < 1.29 is 34.5 Å². The monoisotopic (exact) mass is 410 g/mol. The smallest absolute Gasteiger partial charge is 0.339 e. The fraction of sp³-hybridized carbons (Fsp3) is 0.174. The third-order valence-electron chi connectivity index (χ3n) is 4.78. The van der Waals surface area contributed by atoms with Crippen molar-refractivity contribution in [2.75, 3.05) is 0 Å². The maximum Gasteiger partial charge on any atom is 0.339 e. The van der Waals surface area contributed by atoms with Gasteiger partial charge in [0.25, 0.3) is 0 Å². The summed E-state index contributed by atoms with van der Waals surface area (Å²) in [5.41, 5.74) is 6.00. The van der Waals surface area contributed by atoms with Gasteiger partial charge >= 0.3 is 5.97 Å². The van der Waals surface area contributed by atoms with Crippen LogP contribution in [0.3, 0.4) is 0 Å². The predicted octanol–water partition coefficient (Wildman–Crippen LogP) is 4.89. The molecule has 0 fully saturated rings. The topological polar surface area (TPSA) is 57.5 Å². The molecule has 0 radical (unpaired) electrons. The molecule has 27 heavy (non-hydrogen) atoms. The first-order valence-electron chi connectivity index (χ1n) is 8.62. The van der Waals surface area contributed by atoms with Gasteiger partial charge in [-0.2, -0.15) is 0 Å². The first-order chi connectivity index (χ1) is 12.5. The molecule has 0 aliphatic carbocycles. The normalized spacial score (nSPS) is 10.3. The number of aromatic hydroxyl groups is 1. The summed E-state index contributed by atoms with van der Waals surface area (Å²) < 4.78 is 0. The zero-order valence-electron chi connectivity index (χ0n) is 15.7. The molecule has 0 atom stereocenters. The Labute approximate surface area is 172 Å². The minimum atomic E-state index is -1.11. The second-order valence-corrected chi connectivity index (χ2v) is 6.66. The Balaban J connectivity index is 0.00000261. The van der Waals surface area contributed by atoms with Crippen molar-refractivity contribution in [2.24, 2.45) is 0 Å². The summed E-state index contributed by atoms with van der Waals surface area (Å²) in [6, 6.07) is 19.5. The minimum absolute atomic E-state index is 0. The first-order valence-corrected chi connectivity index (χ1v) is 8.62. The number of aryl methyl sites for hydroxylation is 2. The molecule has 4 heteroatoms. The summed E-state index contributed by atoms with van der Waals surface area (Å²) >= 11 is 0. The summed E-state index contributed by atoms with van der Waals surface area (Å²) in [7, 11) is 0. The average Bonchev–Trinajstić information content (AvgIpc) is 2.61. The molecule has 0 bridgehead atoms. The number of benzene rings is 3. The van der Waals surface area contributed by atoms with Crippen LogP contribution in [0.1, 0.15) is 43.7 Å². The fourth-order valence-electron chi connectivity index (χ4n) is 3.20. The van der Waals surface area contributed by atoms with Gasteiger partial charge in [-0.25, -0.2) is 4.79 Å². The van der Waals surface area contributed by atoms with Crippen LogP contribution < -0.4 is 0 Å². The van der Waals surface area contributed by atoms with Gasteiger partial charge in [-0.1, -0.05) is 54.6 Å². The number of carboxylic acids is 1. The third-order valence-corrected chi connectivity index (χ3v) is 4.78. The van der Waals surface area contributed by atoms with Crippen LogP contribution in [0.4, 0.5) is 0 Å². The summed E-state index contributed by atoms with van der Waals surface area (Å²) in [4.78, 5) is 11.6. The Morgan fingerprint density at radius 2 is 1.33 bits per heavy atom. The molecule has 3 rings (SSSR count). The average molecular weight is 412 g/mol. The standard InChI is InChI=1S/C23H22O3.Zn/c1-15-7-3-5-9-18(15)11-17-12-20(22(24)21(13-17)23(25)26)14-19-10-6-4-8-16(19)2;/h3-10,12-13,24H,11,14H2,1-2H3,(H,25,26);. The molecule has 0 unspecified atom stereocenters. The Kier molecular flexibility index (Phi) is 6.93. The summed E-state index contributed by atoms with van der Waals surface area (Å²) in [5.74, 6) is -1.26. The number of rotatable bonds is 5. The van der Waals surface area contributed by atoms with E-state index in [9.17, 15) is 15.0 Å². The van der Waals surface area contributed by atoms with Crippen LogP contribution in [0.5, 0.6) is 5.75 Å². The van der Waals surface area contributed by atoms with Crippen LogP contribution in [0.2, 0.25) is 0 Å². The van der Waals surface area contributed by atoms with Crippen LogP contribution >= 0.6 is 0 Å². The van der Waals surface area contributed by atoms with E-state index >= 15 is 0 Å². The summed E-state index contributed by atoms with van der Waals surface area (Å²) in [5, 5.41) is 20.0. The Bertz CT molecular complexity index is 964. The number of phenols is 1. The van der Waals surface area contributed by atoms with Gasteiger partial charge < -0.3 is 10.2 Å². The van der Waals surface area contributed by atoms with Crippen molar-refractivity contribution in [3.05, 3.63) is 99.6 Å². The van der Waals surface area contributed by atoms with E-state index in [0.29, 0.717) is 18.4 Å². The number of carbonyl (C=O) groups is 1. The van der Waals surface area contributed by atoms with Crippen molar-refractivity contribution >= 4 is 5.97 Å². The Hall–Kier alpha value is -2.45. The van der Waals surface area contributed by atoms with Gasteiger partial charge in [0.05, 0.1) is 0 Å². The van der Waals surface area contributed by atoms with Crippen LogP contribution in [0.25, 0.3) is 0 Å². The largest absolute Gasteiger partial charge is 0.507 e. The van der Waals surface area contributed by atoms with Crippen LogP contribution in [0, 0.1) is 13.8 Å². The van der Waals surface area contributed by atoms with Crippen LogP contribution in [0.15, 0.2) is 60.7 Å². The molecule has 0 aromatic heterocycles. The molecule has 0 amide bonds. The van der Waals surface area contributed by atoms with E-state index in [1.807, 2.05) is 68.4 Å². The molecule has 0 saturated heterocycles. The van der Waals surface area contributed by atoms with Gasteiger partial charge in [0.2, 0.25) is 0 Å². The molecule has 3 nitrogen and oxygen atoms in total. The van der Waals surface area contributed by atoms with Gasteiger partial charge in [0, 0.05) is 25.9 Å². The van der Waals surface area contributed by atoms with E-state index < -0.39 is 5.97 Å². The molecule has 0 heterocycles. The summed E-state index contributed by atoms with van der Waals surface area (Å²) in [6.07, 6.45) is 1.13. The zero-order valence-corrected chi connectivity index (χ0v) is 18.7. The molecule has 2 N–H and O–H groups in total. The molecular formula is C23H22O3Zn. The van der Waals surface area contributed by atoms with Gasteiger partial charge in [-0.05, 0) is 59.7 Å². The first kappa shape index (κ1) is 20.9. The van der Waals surface area contributed by atoms with Gasteiger partial charge in [0.15, 0.2) is 0 Å². The second-order valence-electron chi connectivity index (χ2n) is 6.66. The maximum absolute atomic E-state index is 11.6. The third kappa shape index (κ3) is 4.84. The number of aromatic carboxylic acids is 1. The van der Waals surface area contributed by atoms with E-state index in [0.717, 1.165) is 27.8 Å². The molecular weight excluding hydrogens is 390 g/mol. The molecule has 134 valence electrons. The molecule has 3 aromatic rings. The van der Waals surface area contributed by atoms with E-state index in [2.05, 4.69) is 0 Å². The Morgan fingerprint density at radius 1 is 0.815 bits per heavy atom. The second kappa shape index (κ2) is 8.97. The van der Waals surface area contributed by atoms with E-state index in [1.165, 1.54) is 0 Å². The van der Waals surface area contributed by atoms with Crippen LogP contribution in [-0.2, 0) is 32.3 Å². The van der Waals surface area contributed by atoms with Crippen LogP contribution in [-0.4, -0.2) is 16.2 Å². The number of hydrogen-bond acceptors (Lipinski definition) is 2. The van der Waals surface area contributed by atoms with E-state index in [4.69, 9.17) is 0 Å². The summed E-state index contributed by atoms with van der Waals surface area (Å²) in [6.45, 7) is 4.06. The van der Waals surface area contributed by atoms with Crippen molar-refractivity contribution in [3.8, 4) is 5.75 Å². The van der Waals surface area contributed by atoms with Crippen molar-refractivity contribution in [1.29, 1.82) is 0 Å². The molecule has 0 aliphatic rings. The van der Waals surface area contributed by atoms with Gasteiger partial charge in [-0.15, -0.1) is 0 Å². The number of hydrogen-bond donors (Lipinski definition) is 2. The van der Waals surface area contributed by atoms with Crippen molar-refractivity contribution in [3.63, 3.8) is 0 Å². The molecule has 0 saturated carbocycles. The quantitative estimate of drug-likeness (QED) is 0.588. The number of carboxylic acid groups (broad SMARTS) is 1. The SMILES string of the molecule is Cc1ccccc1Cc1cc(Cc2ccccc2C)c(O)c(C(=O)O)c1.[Zn]. The van der Waals surface area contributed by atoms with Gasteiger partial charge in [-0.3, -0.25) is 0 Å². The zero-order chi connectivity index (χ0) is 18.7. The van der Waals surface area contributed by atoms with Crippen molar-refractivity contribution in [1.82, 2.24) is 0 Å². The van der Waals surface area contributed by atoms with E-state index in [1.54, 1.807) is 6.07 Å². The minimum Gasteiger partial charge on any atom is -0.507 e. The van der Waals surface area contributed by atoms with E-state index in [-0.39, 0.29) is 30.8 Å². The molecule has 0 aliphatic heterocycles. The van der Waals surface area contributed by atoms with Crippen molar-refractivity contribution in [2.45, 2.75) is 26.7 Å². The Morgan fingerprint density at radius 3 is 1.85 bits per heavy atom. The molecule has 0 spiro atoms.